The molecular formula is C15H23N3O. The van der Waals surface area contributed by atoms with Crippen LogP contribution in [-0.2, 0) is 0 Å². The number of rotatable bonds is 4. The van der Waals surface area contributed by atoms with Crippen LogP contribution in [0.5, 0.6) is 5.75 Å². The molecule has 19 heavy (non-hydrogen) atoms. The zero-order chi connectivity index (χ0) is 13.1. The monoisotopic (exact) mass is 261 g/mol. The molecule has 0 unspecified atom stereocenters. The summed E-state index contributed by atoms with van der Waals surface area (Å²) in [5.41, 5.74) is 1.20. The zero-order valence-corrected chi connectivity index (χ0v) is 11.6. The van der Waals surface area contributed by atoms with E-state index in [0.717, 1.165) is 37.9 Å². The second-order valence-corrected chi connectivity index (χ2v) is 5.82. The van der Waals surface area contributed by atoms with Crippen molar-refractivity contribution in [2.75, 3.05) is 31.1 Å². The third-order valence-electron chi connectivity index (χ3n) is 4.10. The minimum absolute atomic E-state index is 0.510. The van der Waals surface area contributed by atoms with Gasteiger partial charge in [-0.25, -0.2) is 0 Å². The molecule has 0 bridgehead atoms. The van der Waals surface area contributed by atoms with Crippen molar-refractivity contribution in [2.45, 2.75) is 32.2 Å². The summed E-state index contributed by atoms with van der Waals surface area (Å²) in [5, 5.41) is 3.45. The molecule has 4 nitrogen and oxygen atoms in total. The summed E-state index contributed by atoms with van der Waals surface area (Å²) in [6.45, 7) is 6.45. The van der Waals surface area contributed by atoms with E-state index in [1.807, 2.05) is 12.4 Å². The molecule has 2 saturated heterocycles. The van der Waals surface area contributed by atoms with Gasteiger partial charge in [-0.15, -0.1) is 0 Å². The fourth-order valence-corrected chi connectivity index (χ4v) is 2.92. The predicted octanol–water partition coefficient (Wildman–Crippen LogP) is 2.06. The van der Waals surface area contributed by atoms with Crippen LogP contribution in [0.2, 0.25) is 0 Å². The van der Waals surface area contributed by atoms with Crippen molar-refractivity contribution < 1.29 is 4.74 Å². The van der Waals surface area contributed by atoms with Crippen LogP contribution in [0, 0.1) is 5.92 Å². The minimum atomic E-state index is 0.510. The fraction of sp³-hybridized carbons (Fsp3) is 0.667. The SMILES string of the molecule is C[C@H]1CCN(c2cncc(OC[C@@H]3CCCN3)c2)C1. The Labute approximate surface area is 115 Å². The molecule has 0 radical (unpaired) electrons. The molecule has 1 aromatic heterocycles. The van der Waals surface area contributed by atoms with Gasteiger partial charge in [-0.05, 0) is 31.7 Å². The second-order valence-electron chi connectivity index (χ2n) is 5.82. The third kappa shape index (κ3) is 3.18. The normalized spacial score (nSPS) is 26.9. The molecule has 2 aliphatic rings. The molecular weight excluding hydrogens is 238 g/mol. The number of hydrogen-bond donors (Lipinski definition) is 1. The van der Waals surface area contributed by atoms with E-state index >= 15 is 0 Å². The van der Waals surface area contributed by atoms with Gasteiger partial charge in [0.15, 0.2) is 0 Å². The number of nitrogens with one attached hydrogen (secondary N) is 1. The van der Waals surface area contributed by atoms with Crippen molar-refractivity contribution in [1.29, 1.82) is 0 Å². The summed E-state index contributed by atoms with van der Waals surface area (Å²) < 4.78 is 5.87. The quantitative estimate of drug-likeness (QED) is 0.900. The molecule has 3 rings (SSSR count). The van der Waals surface area contributed by atoms with Gasteiger partial charge in [-0.3, -0.25) is 4.98 Å². The van der Waals surface area contributed by atoms with Gasteiger partial charge in [0.1, 0.15) is 12.4 Å². The Balaban J connectivity index is 1.59. The number of aromatic nitrogens is 1. The van der Waals surface area contributed by atoms with Crippen molar-refractivity contribution in [3.8, 4) is 5.75 Å². The maximum absolute atomic E-state index is 5.87. The maximum Gasteiger partial charge on any atom is 0.139 e. The fourth-order valence-electron chi connectivity index (χ4n) is 2.92. The average molecular weight is 261 g/mol. The van der Waals surface area contributed by atoms with E-state index in [-0.39, 0.29) is 0 Å². The predicted molar refractivity (Wildman–Crippen MR) is 76.8 cm³/mol. The van der Waals surface area contributed by atoms with Gasteiger partial charge >= 0.3 is 0 Å². The molecule has 2 atom stereocenters. The van der Waals surface area contributed by atoms with Crippen molar-refractivity contribution in [3.05, 3.63) is 18.5 Å². The van der Waals surface area contributed by atoms with Gasteiger partial charge in [-0.1, -0.05) is 6.92 Å². The highest BCUT2D eigenvalue weighted by Gasteiger charge is 2.20. The summed E-state index contributed by atoms with van der Waals surface area (Å²) in [5.74, 6) is 1.68. The summed E-state index contributed by atoms with van der Waals surface area (Å²) in [6, 6.07) is 2.63. The minimum Gasteiger partial charge on any atom is -0.490 e. The van der Waals surface area contributed by atoms with E-state index < -0.39 is 0 Å². The average Bonchev–Trinajstić information content (AvgIpc) is 3.08. The third-order valence-corrected chi connectivity index (χ3v) is 4.10. The van der Waals surface area contributed by atoms with Crippen LogP contribution in [0.25, 0.3) is 0 Å². The van der Waals surface area contributed by atoms with Crippen LogP contribution < -0.4 is 15.0 Å². The first-order valence-corrected chi connectivity index (χ1v) is 7.37. The molecule has 0 saturated carbocycles. The van der Waals surface area contributed by atoms with Gasteiger partial charge in [0.25, 0.3) is 0 Å². The summed E-state index contributed by atoms with van der Waals surface area (Å²) >= 11 is 0. The summed E-state index contributed by atoms with van der Waals surface area (Å²) in [7, 11) is 0. The maximum atomic E-state index is 5.87. The van der Waals surface area contributed by atoms with E-state index in [4.69, 9.17) is 4.74 Å². The second kappa shape index (κ2) is 5.78. The van der Waals surface area contributed by atoms with Gasteiger partial charge in [0.2, 0.25) is 0 Å². The number of hydrogen-bond acceptors (Lipinski definition) is 4. The molecule has 4 heteroatoms. The van der Waals surface area contributed by atoms with Gasteiger partial charge in [-0.2, -0.15) is 0 Å². The highest BCUT2D eigenvalue weighted by atomic mass is 16.5. The zero-order valence-electron chi connectivity index (χ0n) is 11.6. The van der Waals surface area contributed by atoms with Crippen LogP contribution >= 0.6 is 0 Å². The number of anilines is 1. The molecule has 0 aromatic carbocycles. The van der Waals surface area contributed by atoms with Crippen LogP contribution in [-0.4, -0.2) is 37.3 Å². The smallest absolute Gasteiger partial charge is 0.139 e. The number of ether oxygens (including phenoxy) is 1. The topological polar surface area (TPSA) is 37.4 Å². The van der Waals surface area contributed by atoms with Gasteiger partial charge in [0, 0.05) is 25.2 Å². The molecule has 1 aromatic rings. The molecule has 3 heterocycles. The Kier molecular flexibility index (Phi) is 3.87. The first-order valence-electron chi connectivity index (χ1n) is 7.37. The number of pyridine rings is 1. The Morgan fingerprint density at radius 3 is 3.11 bits per heavy atom. The van der Waals surface area contributed by atoms with Crippen molar-refractivity contribution in [1.82, 2.24) is 10.3 Å². The van der Waals surface area contributed by atoms with E-state index in [0.29, 0.717) is 6.04 Å². The standard InChI is InChI=1S/C15H23N3O/c1-12-4-6-18(10-12)14-7-15(9-16-8-14)19-11-13-3-2-5-17-13/h7-9,12-13,17H,2-6,10-11H2,1H3/t12-,13-/m0/s1. The molecule has 1 N–H and O–H groups in total. The summed E-state index contributed by atoms with van der Waals surface area (Å²) in [6.07, 6.45) is 7.52. The Bertz CT molecular complexity index is 418. The molecule has 104 valence electrons. The van der Waals surface area contributed by atoms with Crippen LogP contribution in [0.15, 0.2) is 18.5 Å². The highest BCUT2D eigenvalue weighted by molar-refractivity contribution is 5.48. The first-order chi connectivity index (χ1) is 9.31. The Morgan fingerprint density at radius 2 is 2.37 bits per heavy atom. The highest BCUT2D eigenvalue weighted by Crippen LogP contribution is 2.25. The Hall–Kier alpha value is -1.29. The molecule has 2 fully saturated rings. The molecule has 0 amide bonds. The van der Waals surface area contributed by atoms with Crippen molar-refractivity contribution in [2.24, 2.45) is 5.92 Å². The lowest BCUT2D eigenvalue weighted by Crippen LogP contribution is -2.28. The first kappa shape index (κ1) is 12.7. The van der Waals surface area contributed by atoms with E-state index in [1.54, 1.807) is 0 Å². The Morgan fingerprint density at radius 1 is 1.42 bits per heavy atom. The van der Waals surface area contributed by atoms with Crippen LogP contribution in [0.3, 0.4) is 0 Å². The van der Waals surface area contributed by atoms with Gasteiger partial charge in [0.05, 0.1) is 18.1 Å². The lowest BCUT2D eigenvalue weighted by atomic mass is 10.2. The summed E-state index contributed by atoms with van der Waals surface area (Å²) in [4.78, 5) is 6.71. The van der Waals surface area contributed by atoms with Gasteiger partial charge < -0.3 is 15.0 Å². The molecule has 0 aliphatic carbocycles. The van der Waals surface area contributed by atoms with E-state index in [1.165, 1.54) is 24.9 Å². The lowest BCUT2D eigenvalue weighted by molar-refractivity contribution is 0.276. The number of nitrogens with zero attached hydrogens (tertiary/aromatic N) is 2. The lowest BCUT2D eigenvalue weighted by Gasteiger charge is -2.19. The van der Waals surface area contributed by atoms with Crippen LogP contribution in [0.1, 0.15) is 26.2 Å². The largest absolute Gasteiger partial charge is 0.490 e. The van der Waals surface area contributed by atoms with Crippen molar-refractivity contribution in [3.63, 3.8) is 0 Å². The molecule has 0 spiro atoms. The van der Waals surface area contributed by atoms with Crippen molar-refractivity contribution >= 4 is 5.69 Å². The van der Waals surface area contributed by atoms with Crippen LogP contribution in [0.4, 0.5) is 5.69 Å². The van der Waals surface area contributed by atoms with E-state index in [9.17, 15) is 0 Å². The molecule has 2 aliphatic heterocycles. The van der Waals surface area contributed by atoms with E-state index in [2.05, 4.69) is 28.2 Å².